The smallest absolute Gasteiger partial charge is 0.308 e. The van der Waals surface area contributed by atoms with Gasteiger partial charge in [-0.15, -0.1) is 0 Å². The highest BCUT2D eigenvalue weighted by Crippen LogP contribution is 2.74. The zero-order chi connectivity index (χ0) is 28.4. The third kappa shape index (κ3) is 3.96. The number of hydrogen-bond acceptors (Lipinski definition) is 3. The molecule has 1 saturated carbocycles. The van der Waals surface area contributed by atoms with E-state index in [1.165, 1.54) is 17.2 Å². The van der Waals surface area contributed by atoms with E-state index in [0.717, 1.165) is 53.7 Å². The van der Waals surface area contributed by atoms with E-state index in [1.807, 2.05) is 18.2 Å². The van der Waals surface area contributed by atoms with E-state index in [1.54, 1.807) is 19.2 Å². The van der Waals surface area contributed by atoms with Crippen LogP contribution in [-0.2, 0) is 23.2 Å². The van der Waals surface area contributed by atoms with Crippen molar-refractivity contribution in [3.05, 3.63) is 88.7 Å². The van der Waals surface area contributed by atoms with Crippen molar-refractivity contribution in [2.75, 3.05) is 7.11 Å². The molecule has 0 bridgehead atoms. The zero-order valence-electron chi connectivity index (χ0n) is 23.9. The minimum Gasteiger partial charge on any atom is -0.497 e. The number of methoxy groups -OCH3 is 1. The molecule has 3 aromatic carbocycles. The number of ether oxygens (including phenoxy) is 2. The average Bonchev–Trinajstić information content (AvgIpc) is 3.16. The molecule has 40 heavy (non-hydrogen) atoms. The summed E-state index contributed by atoms with van der Waals surface area (Å²) in [7, 11) is 1.59. The van der Waals surface area contributed by atoms with Crippen LogP contribution in [0.15, 0.2) is 60.7 Å². The van der Waals surface area contributed by atoms with Crippen molar-refractivity contribution in [3.8, 4) is 22.6 Å². The first kappa shape index (κ1) is 26.6. The van der Waals surface area contributed by atoms with Gasteiger partial charge in [0.1, 0.15) is 23.9 Å². The number of aryl methyl sites for hydroxylation is 1. The lowest BCUT2D eigenvalue weighted by molar-refractivity contribution is -0.139. The molecular formula is C35H37FO4. The first-order chi connectivity index (χ1) is 19.0. The van der Waals surface area contributed by atoms with Crippen molar-refractivity contribution in [2.45, 2.75) is 65.4 Å². The molecule has 0 aliphatic heterocycles. The van der Waals surface area contributed by atoms with Gasteiger partial charge in [0.2, 0.25) is 0 Å². The van der Waals surface area contributed by atoms with Gasteiger partial charge < -0.3 is 14.6 Å². The summed E-state index contributed by atoms with van der Waals surface area (Å²) in [4.78, 5) is 12.1. The fraction of sp³-hybridized carbons (Fsp3) is 0.400. The summed E-state index contributed by atoms with van der Waals surface area (Å²) in [6.45, 7) is 8.98. The van der Waals surface area contributed by atoms with E-state index in [2.05, 4.69) is 52.0 Å². The summed E-state index contributed by atoms with van der Waals surface area (Å²) < 4.78 is 26.8. The Balaban J connectivity index is 1.32. The molecule has 3 aliphatic carbocycles. The Morgan fingerprint density at radius 1 is 0.950 bits per heavy atom. The predicted octanol–water partition coefficient (Wildman–Crippen LogP) is 8.21. The molecule has 0 amide bonds. The lowest BCUT2D eigenvalue weighted by atomic mass is 9.79. The molecule has 0 heterocycles. The summed E-state index contributed by atoms with van der Waals surface area (Å²) in [5, 5.41) is 9.90. The maximum atomic E-state index is 15.1. The monoisotopic (exact) mass is 540 g/mol. The van der Waals surface area contributed by atoms with Gasteiger partial charge in [-0.05, 0) is 106 Å². The van der Waals surface area contributed by atoms with E-state index < -0.39 is 5.97 Å². The number of allylic oxidation sites excluding steroid dienone is 2. The van der Waals surface area contributed by atoms with Crippen molar-refractivity contribution in [2.24, 2.45) is 16.7 Å². The molecule has 1 spiro atoms. The van der Waals surface area contributed by atoms with Crippen LogP contribution in [0, 0.1) is 22.6 Å². The summed E-state index contributed by atoms with van der Waals surface area (Å²) >= 11 is 0. The summed E-state index contributed by atoms with van der Waals surface area (Å²) in [5.41, 5.74) is 6.36. The van der Waals surface area contributed by atoms with Crippen molar-refractivity contribution >= 4 is 11.5 Å². The molecule has 1 N–H and O–H groups in total. The molecule has 5 heteroatoms. The largest absolute Gasteiger partial charge is 0.497 e. The Hall–Kier alpha value is -3.60. The quantitative estimate of drug-likeness (QED) is 0.328. The molecule has 0 aromatic heterocycles. The van der Waals surface area contributed by atoms with Crippen LogP contribution in [0.4, 0.5) is 4.39 Å². The standard InChI is InChI=1S/C35H37FO4/c1-33(2)15-6-7-28(33)26-17-21(8-12-25(26)27-18-23(39-5)11-13-30(27)36)20-40-24-10-9-22-14-16-35(29(22)19-24)31(32(37)38)34(35,3)4/h7-13,17-19,31H,6,14-16,20H2,1-5H3,(H,37,38)/t31?,35-/m0/s1. The van der Waals surface area contributed by atoms with Gasteiger partial charge in [-0.3, -0.25) is 4.79 Å². The van der Waals surface area contributed by atoms with Crippen LogP contribution in [0.1, 0.15) is 69.2 Å². The van der Waals surface area contributed by atoms with Gasteiger partial charge in [-0.2, -0.15) is 0 Å². The number of carbonyl (C=O) groups is 1. The van der Waals surface area contributed by atoms with Crippen LogP contribution >= 0.6 is 0 Å². The second-order valence-corrected chi connectivity index (χ2v) is 12.8. The molecule has 1 fully saturated rings. The highest BCUT2D eigenvalue weighted by atomic mass is 19.1. The predicted molar refractivity (Wildman–Crippen MR) is 155 cm³/mol. The lowest BCUT2D eigenvalue weighted by Crippen LogP contribution is -2.13. The molecule has 4 nitrogen and oxygen atoms in total. The maximum absolute atomic E-state index is 15.1. The first-order valence-corrected chi connectivity index (χ1v) is 14.2. The highest BCUT2D eigenvalue weighted by molar-refractivity contribution is 5.85. The molecule has 1 unspecified atom stereocenters. The van der Waals surface area contributed by atoms with Crippen LogP contribution in [0.2, 0.25) is 0 Å². The molecule has 2 atom stereocenters. The maximum Gasteiger partial charge on any atom is 0.308 e. The molecule has 6 rings (SSSR count). The van der Waals surface area contributed by atoms with Crippen LogP contribution in [0.25, 0.3) is 16.7 Å². The topological polar surface area (TPSA) is 55.8 Å². The van der Waals surface area contributed by atoms with E-state index in [4.69, 9.17) is 9.47 Å². The van der Waals surface area contributed by atoms with Gasteiger partial charge in [-0.1, -0.05) is 52.0 Å². The van der Waals surface area contributed by atoms with Crippen LogP contribution in [0.3, 0.4) is 0 Å². The zero-order valence-corrected chi connectivity index (χ0v) is 23.9. The number of rotatable bonds is 7. The minimum atomic E-state index is -0.714. The Labute approximate surface area is 235 Å². The summed E-state index contributed by atoms with van der Waals surface area (Å²) in [6.07, 6.45) is 6.09. The average molecular weight is 541 g/mol. The van der Waals surface area contributed by atoms with Crippen molar-refractivity contribution in [1.29, 1.82) is 0 Å². The van der Waals surface area contributed by atoms with Gasteiger partial charge >= 0.3 is 5.97 Å². The molecule has 3 aliphatic rings. The third-order valence-corrected chi connectivity index (χ3v) is 9.97. The van der Waals surface area contributed by atoms with Gasteiger partial charge in [0.15, 0.2) is 0 Å². The fourth-order valence-electron chi connectivity index (χ4n) is 7.69. The van der Waals surface area contributed by atoms with E-state index >= 15 is 4.39 Å². The van der Waals surface area contributed by atoms with Crippen LogP contribution < -0.4 is 9.47 Å². The molecule has 3 aromatic rings. The summed E-state index contributed by atoms with van der Waals surface area (Å²) in [6, 6.07) is 17.1. The number of carboxylic acid groups (broad SMARTS) is 1. The first-order valence-electron chi connectivity index (χ1n) is 14.2. The van der Waals surface area contributed by atoms with E-state index in [-0.39, 0.29) is 28.0 Å². The molecule has 208 valence electrons. The van der Waals surface area contributed by atoms with Gasteiger partial charge in [0.05, 0.1) is 13.0 Å². The normalized spacial score (nSPS) is 23.6. The van der Waals surface area contributed by atoms with Gasteiger partial charge in [0, 0.05) is 11.0 Å². The Bertz CT molecular complexity index is 1550. The Morgan fingerprint density at radius 3 is 2.40 bits per heavy atom. The fourth-order valence-corrected chi connectivity index (χ4v) is 7.69. The number of fused-ring (bicyclic) bond motifs is 2. The van der Waals surface area contributed by atoms with E-state index in [9.17, 15) is 9.90 Å². The summed E-state index contributed by atoms with van der Waals surface area (Å²) in [5.74, 6) is 0.00163. The minimum absolute atomic E-state index is 0.0182. The second kappa shape index (κ2) is 9.22. The molecule has 0 radical (unpaired) electrons. The third-order valence-electron chi connectivity index (χ3n) is 9.97. The Morgan fingerprint density at radius 2 is 1.73 bits per heavy atom. The van der Waals surface area contributed by atoms with Gasteiger partial charge in [-0.25, -0.2) is 4.39 Å². The molecule has 0 saturated heterocycles. The van der Waals surface area contributed by atoms with Crippen molar-refractivity contribution < 1.29 is 23.8 Å². The van der Waals surface area contributed by atoms with Crippen molar-refractivity contribution in [1.82, 2.24) is 0 Å². The van der Waals surface area contributed by atoms with Crippen LogP contribution in [-0.4, -0.2) is 18.2 Å². The SMILES string of the molecule is COc1ccc(F)c(-c2ccc(COc3ccc4c(c3)[C@@]3(CC4)C(C(=O)O)C3(C)C)cc2C2=CCCC2(C)C)c1. The number of carboxylic acids is 1. The highest BCUT2D eigenvalue weighted by Gasteiger charge is 2.76. The number of aliphatic carboxylic acids is 1. The van der Waals surface area contributed by atoms with Crippen LogP contribution in [0.5, 0.6) is 11.5 Å². The van der Waals surface area contributed by atoms with Crippen molar-refractivity contribution in [3.63, 3.8) is 0 Å². The van der Waals surface area contributed by atoms with E-state index in [0.29, 0.717) is 17.9 Å². The number of hydrogen-bond donors (Lipinski definition) is 1. The van der Waals surface area contributed by atoms with Gasteiger partial charge in [0.25, 0.3) is 0 Å². The lowest BCUT2D eigenvalue weighted by Gasteiger charge is -2.25. The number of halogens is 1. The molecular weight excluding hydrogens is 503 g/mol. The Kier molecular flexibility index (Phi) is 6.14. The number of benzene rings is 3. The second-order valence-electron chi connectivity index (χ2n) is 12.8.